The van der Waals surface area contributed by atoms with E-state index in [0.29, 0.717) is 11.8 Å². The number of ether oxygens (including phenoxy) is 1. The Kier molecular flexibility index (Phi) is 5.51. The van der Waals surface area contributed by atoms with Crippen molar-refractivity contribution in [3.8, 4) is 11.8 Å². The highest BCUT2D eigenvalue weighted by atomic mass is 16.5. The maximum Gasteiger partial charge on any atom is 0.118 e. The Morgan fingerprint density at radius 3 is 2.79 bits per heavy atom. The van der Waals surface area contributed by atoms with E-state index in [1.165, 1.54) is 17.5 Å². The van der Waals surface area contributed by atoms with Gasteiger partial charge in [0.15, 0.2) is 0 Å². The van der Waals surface area contributed by atoms with Crippen LogP contribution in [0.25, 0.3) is 0 Å². The monoisotopic (exact) mass is 320 g/mol. The summed E-state index contributed by atoms with van der Waals surface area (Å²) in [5, 5.41) is 12.6. The lowest BCUT2D eigenvalue weighted by atomic mass is 9.78. The van der Waals surface area contributed by atoms with Gasteiger partial charge in [-0.3, -0.25) is 0 Å². The van der Waals surface area contributed by atoms with Crippen molar-refractivity contribution in [3.63, 3.8) is 0 Å². The second kappa shape index (κ2) is 7.99. The van der Waals surface area contributed by atoms with Gasteiger partial charge in [-0.25, -0.2) is 0 Å². The van der Waals surface area contributed by atoms with Crippen LogP contribution in [0.15, 0.2) is 48.5 Å². The SMILES string of the molecule is COc1ccc([C@H]2CCNC[C@@H]2CCc2cccc(C#N)c2)cc1. The van der Waals surface area contributed by atoms with E-state index in [9.17, 15) is 0 Å². The van der Waals surface area contributed by atoms with Crippen LogP contribution in [-0.2, 0) is 6.42 Å². The van der Waals surface area contributed by atoms with Gasteiger partial charge in [-0.2, -0.15) is 5.26 Å². The number of piperidine rings is 1. The lowest BCUT2D eigenvalue weighted by Crippen LogP contribution is -2.35. The molecule has 0 aliphatic carbocycles. The summed E-state index contributed by atoms with van der Waals surface area (Å²) in [6.07, 6.45) is 3.34. The van der Waals surface area contributed by atoms with Gasteiger partial charge in [0.1, 0.15) is 5.75 Å². The second-order valence-electron chi connectivity index (χ2n) is 6.48. The summed E-state index contributed by atoms with van der Waals surface area (Å²) in [5.41, 5.74) is 3.42. The molecule has 0 saturated carbocycles. The van der Waals surface area contributed by atoms with Crippen LogP contribution in [0.3, 0.4) is 0 Å². The normalized spacial score (nSPS) is 20.3. The lowest BCUT2D eigenvalue weighted by Gasteiger charge is -2.33. The summed E-state index contributed by atoms with van der Waals surface area (Å²) < 4.78 is 5.27. The number of hydrogen-bond acceptors (Lipinski definition) is 3. The number of nitrogens with one attached hydrogen (secondary N) is 1. The van der Waals surface area contributed by atoms with E-state index in [4.69, 9.17) is 10.00 Å². The molecule has 0 bridgehead atoms. The quantitative estimate of drug-likeness (QED) is 0.909. The Morgan fingerprint density at radius 2 is 2.04 bits per heavy atom. The average molecular weight is 320 g/mol. The molecule has 24 heavy (non-hydrogen) atoms. The highest BCUT2D eigenvalue weighted by Gasteiger charge is 2.26. The molecular formula is C21H24N2O. The van der Waals surface area contributed by atoms with Crippen LogP contribution in [0.5, 0.6) is 5.75 Å². The molecule has 0 spiro atoms. The van der Waals surface area contributed by atoms with Crippen LogP contribution in [-0.4, -0.2) is 20.2 Å². The number of benzene rings is 2. The molecule has 1 aliphatic heterocycles. The van der Waals surface area contributed by atoms with E-state index >= 15 is 0 Å². The maximum absolute atomic E-state index is 9.04. The standard InChI is InChI=1S/C21H24N2O/c1-24-20-9-7-18(8-10-20)21-11-12-23-15-19(21)6-5-16-3-2-4-17(13-16)14-22/h2-4,7-10,13,19,21,23H,5-6,11-12,15H2,1H3/t19-,21+/m0/s1. The molecule has 2 aromatic carbocycles. The molecule has 0 radical (unpaired) electrons. The van der Waals surface area contributed by atoms with Crippen molar-refractivity contribution in [2.24, 2.45) is 5.92 Å². The summed E-state index contributed by atoms with van der Waals surface area (Å²) in [7, 11) is 1.71. The minimum Gasteiger partial charge on any atom is -0.497 e. The van der Waals surface area contributed by atoms with Gasteiger partial charge in [0.05, 0.1) is 18.7 Å². The second-order valence-corrected chi connectivity index (χ2v) is 6.48. The molecule has 2 aromatic rings. The zero-order chi connectivity index (χ0) is 16.8. The molecule has 3 heteroatoms. The lowest BCUT2D eigenvalue weighted by molar-refractivity contribution is 0.309. The van der Waals surface area contributed by atoms with Crippen LogP contribution >= 0.6 is 0 Å². The first kappa shape index (κ1) is 16.5. The molecule has 1 aliphatic rings. The van der Waals surface area contributed by atoms with Crippen molar-refractivity contribution in [1.29, 1.82) is 5.26 Å². The molecule has 3 nitrogen and oxygen atoms in total. The van der Waals surface area contributed by atoms with Crippen molar-refractivity contribution < 1.29 is 4.74 Å². The number of nitriles is 1. The van der Waals surface area contributed by atoms with E-state index < -0.39 is 0 Å². The highest BCUT2D eigenvalue weighted by molar-refractivity contribution is 5.33. The predicted molar refractivity (Wildman–Crippen MR) is 96.2 cm³/mol. The Bertz CT molecular complexity index is 703. The molecule has 1 fully saturated rings. The van der Waals surface area contributed by atoms with Crippen LogP contribution in [0, 0.1) is 17.2 Å². The zero-order valence-electron chi connectivity index (χ0n) is 14.2. The number of nitrogens with zero attached hydrogens (tertiary/aromatic N) is 1. The largest absolute Gasteiger partial charge is 0.497 e. The van der Waals surface area contributed by atoms with E-state index in [-0.39, 0.29) is 0 Å². The van der Waals surface area contributed by atoms with E-state index in [0.717, 1.165) is 37.2 Å². The zero-order valence-corrected chi connectivity index (χ0v) is 14.2. The summed E-state index contributed by atoms with van der Waals surface area (Å²) in [6, 6.07) is 18.7. The molecule has 124 valence electrons. The van der Waals surface area contributed by atoms with Crippen molar-refractivity contribution >= 4 is 0 Å². The van der Waals surface area contributed by atoms with Gasteiger partial charge in [0.25, 0.3) is 0 Å². The topological polar surface area (TPSA) is 45.0 Å². The van der Waals surface area contributed by atoms with Gasteiger partial charge in [-0.1, -0.05) is 24.3 Å². The van der Waals surface area contributed by atoms with Crippen molar-refractivity contribution in [2.45, 2.75) is 25.2 Å². The molecule has 1 N–H and O–H groups in total. The van der Waals surface area contributed by atoms with Gasteiger partial charge in [0, 0.05) is 0 Å². The third kappa shape index (κ3) is 3.96. The first-order valence-corrected chi connectivity index (χ1v) is 8.64. The number of methoxy groups -OCH3 is 1. The van der Waals surface area contributed by atoms with Crippen LogP contribution in [0.4, 0.5) is 0 Å². The van der Waals surface area contributed by atoms with Crippen LogP contribution in [0.1, 0.15) is 35.4 Å². The van der Waals surface area contributed by atoms with E-state index in [1.54, 1.807) is 7.11 Å². The highest BCUT2D eigenvalue weighted by Crippen LogP contribution is 2.34. The minimum atomic E-state index is 0.594. The molecule has 0 unspecified atom stereocenters. The van der Waals surface area contributed by atoms with Gasteiger partial charge in [0.2, 0.25) is 0 Å². The Balaban J connectivity index is 1.68. The first-order chi connectivity index (χ1) is 11.8. The van der Waals surface area contributed by atoms with Gasteiger partial charge in [-0.05, 0) is 79.6 Å². The Labute approximate surface area is 144 Å². The van der Waals surface area contributed by atoms with E-state index in [1.807, 2.05) is 18.2 Å². The van der Waals surface area contributed by atoms with E-state index in [2.05, 4.69) is 41.7 Å². The molecule has 3 rings (SSSR count). The third-order valence-corrected chi connectivity index (χ3v) is 5.01. The van der Waals surface area contributed by atoms with Gasteiger partial charge < -0.3 is 10.1 Å². The van der Waals surface area contributed by atoms with Crippen molar-refractivity contribution in [3.05, 3.63) is 65.2 Å². The number of aryl methyl sites for hydroxylation is 1. The van der Waals surface area contributed by atoms with Gasteiger partial charge in [-0.15, -0.1) is 0 Å². The summed E-state index contributed by atoms with van der Waals surface area (Å²) in [6.45, 7) is 2.14. The summed E-state index contributed by atoms with van der Waals surface area (Å²) in [5.74, 6) is 2.13. The molecule has 1 heterocycles. The number of rotatable bonds is 5. The fourth-order valence-electron chi connectivity index (χ4n) is 3.66. The number of hydrogen-bond donors (Lipinski definition) is 1. The molecule has 0 aromatic heterocycles. The molecular weight excluding hydrogens is 296 g/mol. The minimum absolute atomic E-state index is 0.594. The Morgan fingerprint density at radius 1 is 1.21 bits per heavy atom. The average Bonchev–Trinajstić information content (AvgIpc) is 2.67. The van der Waals surface area contributed by atoms with Crippen molar-refractivity contribution in [2.75, 3.05) is 20.2 Å². The third-order valence-electron chi connectivity index (χ3n) is 5.01. The fourth-order valence-corrected chi connectivity index (χ4v) is 3.66. The van der Waals surface area contributed by atoms with Gasteiger partial charge >= 0.3 is 0 Å². The summed E-state index contributed by atoms with van der Waals surface area (Å²) in [4.78, 5) is 0. The maximum atomic E-state index is 9.04. The molecule has 2 atom stereocenters. The smallest absolute Gasteiger partial charge is 0.118 e. The molecule has 1 saturated heterocycles. The van der Waals surface area contributed by atoms with Crippen LogP contribution in [0.2, 0.25) is 0 Å². The predicted octanol–water partition coefficient (Wildman–Crippen LogP) is 3.89. The fraction of sp³-hybridized carbons (Fsp3) is 0.381. The first-order valence-electron chi connectivity index (χ1n) is 8.64. The van der Waals surface area contributed by atoms with Crippen molar-refractivity contribution in [1.82, 2.24) is 5.32 Å². The molecule has 0 amide bonds. The summed E-state index contributed by atoms with van der Waals surface area (Å²) >= 11 is 0. The van der Waals surface area contributed by atoms with Crippen LogP contribution < -0.4 is 10.1 Å². The Hall–Kier alpha value is -2.31.